The van der Waals surface area contributed by atoms with Crippen molar-refractivity contribution in [2.45, 2.75) is 19.8 Å². The van der Waals surface area contributed by atoms with Gasteiger partial charge in [-0.05, 0) is 6.42 Å². The number of ether oxygens (including phenoxy) is 1. The van der Waals surface area contributed by atoms with Crippen molar-refractivity contribution in [3.05, 3.63) is 7.11 Å². The van der Waals surface area contributed by atoms with E-state index in [0.29, 0.717) is 6.61 Å². The van der Waals surface area contributed by atoms with E-state index in [2.05, 4.69) is 11.7 Å². The normalized spacial score (nSPS) is 9.00. The van der Waals surface area contributed by atoms with Gasteiger partial charge in [-0.25, -0.2) is 0 Å². The van der Waals surface area contributed by atoms with Gasteiger partial charge in [-0.3, -0.25) is 0 Å². The standard InChI is InChI=1S/C5H10O/c1-3-4-5-6-2/h2H,3-5H2,1H3. The molecule has 1 nitrogen and oxygen atoms in total. The van der Waals surface area contributed by atoms with Gasteiger partial charge >= 0.3 is 0 Å². The molecule has 6 heavy (non-hydrogen) atoms. The predicted octanol–water partition coefficient (Wildman–Crippen LogP) is 1.47. The molecule has 0 aliphatic heterocycles. The Morgan fingerprint density at radius 2 is 2.33 bits per heavy atom. The third kappa shape index (κ3) is 3.96. The zero-order valence-corrected chi connectivity index (χ0v) is 4.11. The molecule has 0 spiro atoms. The van der Waals surface area contributed by atoms with Crippen LogP contribution in [0, 0.1) is 7.11 Å². The highest BCUT2D eigenvalue weighted by Crippen LogP contribution is 1.84. The van der Waals surface area contributed by atoms with Crippen LogP contribution in [-0.4, -0.2) is 6.61 Å². The molecule has 0 unspecified atom stereocenters. The molecular weight excluding hydrogens is 76.1 g/mol. The number of rotatable bonds is 3. The second-order valence-electron chi connectivity index (χ2n) is 1.22. The molecule has 0 amide bonds. The summed E-state index contributed by atoms with van der Waals surface area (Å²) in [5, 5.41) is 0. The van der Waals surface area contributed by atoms with E-state index in [1.54, 1.807) is 0 Å². The first-order valence-electron chi connectivity index (χ1n) is 2.23. The largest absolute Gasteiger partial charge is 0.373 e. The highest BCUT2D eigenvalue weighted by Gasteiger charge is 1.75. The number of hydrogen-bond acceptors (Lipinski definition) is 1. The van der Waals surface area contributed by atoms with Gasteiger partial charge in [0.2, 0.25) is 0 Å². The van der Waals surface area contributed by atoms with Crippen molar-refractivity contribution in [3.8, 4) is 0 Å². The van der Waals surface area contributed by atoms with Crippen LogP contribution in [0.1, 0.15) is 19.8 Å². The van der Waals surface area contributed by atoms with E-state index in [0.717, 1.165) is 12.8 Å². The van der Waals surface area contributed by atoms with Crippen LogP contribution in [0.15, 0.2) is 0 Å². The third-order valence-electron chi connectivity index (χ3n) is 0.616. The van der Waals surface area contributed by atoms with Gasteiger partial charge < -0.3 is 4.74 Å². The summed E-state index contributed by atoms with van der Waals surface area (Å²) in [6, 6.07) is 0. The molecule has 0 N–H and O–H groups in total. The van der Waals surface area contributed by atoms with Crippen molar-refractivity contribution >= 4 is 0 Å². The maximum atomic E-state index is 4.71. The van der Waals surface area contributed by atoms with Crippen molar-refractivity contribution in [2.75, 3.05) is 6.61 Å². The lowest BCUT2D eigenvalue weighted by molar-refractivity contribution is 0.236. The van der Waals surface area contributed by atoms with Crippen LogP contribution in [0.5, 0.6) is 0 Å². The summed E-state index contributed by atoms with van der Waals surface area (Å²) in [7, 11) is 4.71. The van der Waals surface area contributed by atoms with E-state index in [1.165, 1.54) is 0 Å². The third-order valence-corrected chi connectivity index (χ3v) is 0.616. The van der Waals surface area contributed by atoms with Crippen LogP contribution in [0.4, 0.5) is 0 Å². The van der Waals surface area contributed by atoms with E-state index in [-0.39, 0.29) is 0 Å². The maximum Gasteiger partial charge on any atom is 0.115 e. The molecule has 0 aromatic rings. The minimum Gasteiger partial charge on any atom is -0.373 e. The first-order valence-corrected chi connectivity index (χ1v) is 2.23. The molecule has 1 heteroatoms. The summed E-state index contributed by atoms with van der Waals surface area (Å²) in [5.74, 6) is 0. The van der Waals surface area contributed by atoms with Crippen molar-refractivity contribution in [3.63, 3.8) is 0 Å². The van der Waals surface area contributed by atoms with Crippen molar-refractivity contribution < 1.29 is 4.74 Å². The molecule has 0 rings (SSSR count). The lowest BCUT2D eigenvalue weighted by Gasteiger charge is -1.88. The van der Waals surface area contributed by atoms with Gasteiger partial charge in [-0.2, -0.15) is 0 Å². The summed E-state index contributed by atoms with van der Waals surface area (Å²) in [4.78, 5) is 0. The van der Waals surface area contributed by atoms with E-state index < -0.39 is 0 Å². The molecule has 0 saturated carbocycles. The fraction of sp³-hybridized carbons (Fsp3) is 0.800. The van der Waals surface area contributed by atoms with Gasteiger partial charge in [-0.1, -0.05) is 13.3 Å². The highest BCUT2D eigenvalue weighted by atomic mass is 16.5. The van der Waals surface area contributed by atoms with E-state index in [4.69, 9.17) is 7.11 Å². The molecule has 0 fully saturated rings. The SMILES string of the molecule is [CH]OCCCC. The zero-order valence-electron chi connectivity index (χ0n) is 4.11. The lowest BCUT2D eigenvalue weighted by atomic mass is 10.4. The van der Waals surface area contributed by atoms with Crippen LogP contribution in [0.3, 0.4) is 0 Å². The molecule has 0 bridgehead atoms. The molecule has 0 saturated heterocycles. The number of unbranched alkanes of at least 4 members (excludes halogenated alkanes) is 1. The Bertz CT molecular complexity index is 15.9. The summed E-state index contributed by atoms with van der Waals surface area (Å²) in [5.41, 5.74) is 0. The molecule has 2 radical (unpaired) electrons. The molecule has 0 aromatic carbocycles. The quantitative estimate of drug-likeness (QED) is 0.472. The van der Waals surface area contributed by atoms with Gasteiger partial charge in [0.25, 0.3) is 0 Å². The summed E-state index contributed by atoms with van der Waals surface area (Å²) >= 11 is 0. The first-order chi connectivity index (χ1) is 2.91. The Morgan fingerprint density at radius 1 is 1.67 bits per heavy atom. The van der Waals surface area contributed by atoms with Crippen molar-refractivity contribution in [2.24, 2.45) is 0 Å². The Kier molecular flexibility index (Phi) is 4.93. The second-order valence-corrected chi connectivity index (χ2v) is 1.22. The van der Waals surface area contributed by atoms with Crippen LogP contribution in [-0.2, 0) is 4.74 Å². The maximum absolute atomic E-state index is 4.71. The molecule has 36 valence electrons. The zero-order chi connectivity index (χ0) is 4.83. The van der Waals surface area contributed by atoms with Crippen LogP contribution in [0.25, 0.3) is 0 Å². The summed E-state index contributed by atoms with van der Waals surface area (Å²) in [6.45, 7) is 2.79. The van der Waals surface area contributed by atoms with Gasteiger partial charge in [0.05, 0.1) is 0 Å². The summed E-state index contributed by atoms with van der Waals surface area (Å²) in [6.07, 6.45) is 2.22. The fourth-order valence-corrected chi connectivity index (χ4v) is 0.228. The molecular formula is C5H10O. The van der Waals surface area contributed by atoms with Crippen molar-refractivity contribution in [1.29, 1.82) is 0 Å². The molecule has 0 aliphatic carbocycles. The predicted molar refractivity (Wildman–Crippen MR) is 25.2 cm³/mol. The monoisotopic (exact) mass is 86.1 g/mol. The Labute approximate surface area is 39.3 Å². The molecule has 0 aliphatic rings. The van der Waals surface area contributed by atoms with E-state index >= 15 is 0 Å². The Hall–Kier alpha value is -0.0400. The first kappa shape index (κ1) is 5.96. The highest BCUT2D eigenvalue weighted by molar-refractivity contribution is 4.27. The number of hydrogen-bond donors (Lipinski definition) is 0. The second kappa shape index (κ2) is 4.96. The average Bonchev–Trinajstić information content (AvgIpc) is 1.61. The minimum atomic E-state index is 0.691. The van der Waals surface area contributed by atoms with Gasteiger partial charge in [0, 0.05) is 6.61 Å². The molecule has 0 aromatic heterocycles. The van der Waals surface area contributed by atoms with E-state index in [9.17, 15) is 0 Å². The van der Waals surface area contributed by atoms with Crippen LogP contribution < -0.4 is 0 Å². The minimum absolute atomic E-state index is 0.691. The Balaban J connectivity index is 2.34. The molecule has 0 heterocycles. The lowest BCUT2D eigenvalue weighted by Crippen LogP contribution is -1.81. The van der Waals surface area contributed by atoms with Gasteiger partial charge in [0.1, 0.15) is 7.11 Å². The Morgan fingerprint density at radius 3 is 2.50 bits per heavy atom. The van der Waals surface area contributed by atoms with Crippen LogP contribution >= 0.6 is 0 Å². The van der Waals surface area contributed by atoms with E-state index in [1.807, 2.05) is 0 Å². The summed E-state index contributed by atoms with van der Waals surface area (Å²) < 4.78 is 4.28. The van der Waals surface area contributed by atoms with Gasteiger partial charge in [0.15, 0.2) is 0 Å². The topological polar surface area (TPSA) is 9.23 Å². The molecule has 0 atom stereocenters. The smallest absolute Gasteiger partial charge is 0.115 e. The van der Waals surface area contributed by atoms with Crippen LogP contribution in [0.2, 0.25) is 0 Å². The van der Waals surface area contributed by atoms with Crippen molar-refractivity contribution in [1.82, 2.24) is 0 Å². The fourth-order valence-electron chi connectivity index (χ4n) is 0.228. The average molecular weight is 86.1 g/mol. The van der Waals surface area contributed by atoms with Gasteiger partial charge in [-0.15, -0.1) is 0 Å².